The summed E-state index contributed by atoms with van der Waals surface area (Å²) in [7, 11) is -9.89. The first-order valence-corrected chi connectivity index (χ1v) is 34.8. The molecule has 0 radical (unpaired) electrons. The predicted octanol–water partition coefficient (Wildman–Crippen LogP) is 16.4. The molecular formula is C62H116O17P2. The Balaban J connectivity index is 5.23. The molecule has 19 heteroatoms. The number of hydrogen-bond donors (Lipinski definition) is 3. The number of unbranched alkanes of at least 4 members (excludes halogenated alkanes) is 25. The van der Waals surface area contributed by atoms with Gasteiger partial charge in [-0.05, 0) is 63.2 Å². The Labute approximate surface area is 491 Å². The zero-order valence-corrected chi connectivity index (χ0v) is 53.3. The fraction of sp³-hybridized carbons (Fsp3) is 0.871. The fourth-order valence-electron chi connectivity index (χ4n) is 8.61. The number of esters is 4. The highest BCUT2D eigenvalue weighted by Crippen LogP contribution is 2.45. The molecule has 0 rings (SSSR count). The summed E-state index contributed by atoms with van der Waals surface area (Å²) in [5.41, 5.74) is 0. The van der Waals surface area contributed by atoms with Gasteiger partial charge in [-0.1, -0.05) is 226 Å². The minimum atomic E-state index is -4.95. The molecule has 0 aliphatic heterocycles. The van der Waals surface area contributed by atoms with E-state index in [0.717, 1.165) is 115 Å². The molecule has 0 spiro atoms. The second kappa shape index (κ2) is 54.2. The highest BCUT2D eigenvalue weighted by atomic mass is 31.2. The van der Waals surface area contributed by atoms with Crippen molar-refractivity contribution in [2.24, 2.45) is 11.8 Å². The Bertz CT molecular complexity index is 1690. The molecule has 81 heavy (non-hydrogen) atoms. The van der Waals surface area contributed by atoms with Crippen molar-refractivity contribution in [2.75, 3.05) is 39.6 Å². The lowest BCUT2D eigenvalue weighted by molar-refractivity contribution is -0.161. The molecule has 17 nitrogen and oxygen atoms in total. The van der Waals surface area contributed by atoms with E-state index in [0.29, 0.717) is 31.6 Å². The summed E-state index contributed by atoms with van der Waals surface area (Å²) < 4.78 is 67.6. The summed E-state index contributed by atoms with van der Waals surface area (Å²) >= 11 is 0. The van der Waals surface area contributed by atoms with Crippen molar-refractivity contribution in [3.05, 3.63) is 24.3 Å². The molecule has 0 saturated carbocycles. The Morgan fingerprint density at radius 2 is 0.728 bits per heavy atom. The van der Waals surface area contributed by atoms with Gasteiger partial charge in [-0.25, -0.2) is 9.13 Å². The maximum atomic E-state index is 12.9. The minimum Gasteiger partial charge on any atom is -0.462 e. The summed E-state index contributed by atoms with van der Waals surface area (Å²) in [5, 5.41) is 10.5. The highest BCUT2D eigenvalue weighted by molar-refractivity contribution is 7.47. The van der Waals surface area contributed by atoms with E-state index < -0.39 is 97.5 Å². The SMILES string of the molecule is CCCCCC/C=C\C=C/CCCCCCCC(=O)O[C@H](COC(=O)CCCCCCCCCCC(C)CC)COP(=O)(O)OC[C@@H](O)COP(=O)(O)OC[C@@H](COC(=O)CCCCCCC)OC(=O)CCCCCCCCC(C)C. The van der Waals surface area contributed by atoms with Crippen LogP contribution in [0.1, 0.15) is 279 Å². The van der Waals surface area contributed by atoms with Gasteiger partial charge in [0.25, 0.3) is 0 Å². The van der Waals surface area contributed by atoms with Crippen molar-refractivity contribution >= 4 is 39.5 Å². The van der Waals surface area contributed by atoms with E-state index in [4.69, 9.17) is 37.0 Å². The van der Waals surface area contributed by atoms with Crippen LogP contribution in [0.2, 0.25) is 0 Å². The normalized spacial score (nSPS) is 14.9. The molecule has 0 aliphatic carbocycles. The van der Waals surface area contributed by atoms with E-state index in [1.54, 1.807) is 0 Å². The third-order valence-electron chi connectivity index (χ3n) is 13.9. The molecule has 0 saturated heterocycles. The summed E-state index contributed by atoms with van der Waals surface area (Å²) in [6.07, 6.45) is 38.9. The molecule has 0 aromatic carbocycles. The lowest BCUT2D eigenvalue weighted by atomic mass is 9.99. The Kier molecular flexibility index (Phi) is 52.6. The maximum absolute atomic E-state index is 12.9. The molecule has 0 aliphatic rings. The van der Waals surface area contributed by atoms with E-state index in [1.165, 1.54) is 77.0 Å². The molecule has 0 amide bonds. The van der Waals surface area contributed by atoms with Crippen molar-refractivity contribution in [3.63, 3.8) is 0 Å². The van der Waals surface area contributed by atoms with Crippen molar-refractivity contribution in [1.29, 1.82) is 0 Å². The minimum absolute atomic E-state index is 0.0840. The van der Waals surface area contributed by atoms with Gasteiger partial charge in [0.15, 0.2) is 12.2 Å². The van der Waals surface area contributed by atoms with Gasteiger partial charge in [0, 0.05) is 25.7 Å². The number of phosphoric acid groups is 2. The van der Waals surface area contributed by atoms with Crippen LogP contribution in [0.4, 0.5) is 0 Å². The Morgan fingerprint density at radius 1 is 0.407 bits per heavy atom. The first-order valence-electron chi connectivity index (χ1n) is 31.8. The van der Waals surface area contributed by atoms with Crippen molar-refractivity contribution in [1.82, 2.24) is 0 Å². The van der Waals surface area contributed by atoms with E-state index >= 15 is 0 Å². The monoisotopic (exact) mass is 1190 g/mol. The third kappa shape index (κ3) is 55.2. The predicted molar refractivity (Wildman–Crippen MR) is 321 cm³/mol. The summed E-state index contributed by atoms with van der Waals surface area (Å²) in [6, 6.07) is 0. The summed E-state index contributed by atoms with van der Waals surface area (Å²) in [4.78, 5) is 71.8. The van der Waals surface area contributed by atoms with E-state index in [1.807, 2.05) is 0 Å². The van der Waals surface area contributed by atoms with Crippen LogP contribution < -0.4 is 0 Å². The third-order valence-corrected chi connectivity index (χ3v) is 15.8. The van der Waals surface area contributed by atoms with Gasteiger partial charge < -0.3 is 33.8 Å². The van der Waals surface area contributed by atoms with Gasteiger partial charge in [-0.15, -0.1) is 0 Å². The summed E-state index contributed by atoms with van der Waals surface area (Å²) in [6.45, 7) is 9.22. The molecule has 0 fully saturated rings. The quantitative estimate of drug-likeness (QED) is 0.0169. The van der Waals surface area contributed by atoms with Crippen LogP contribution in [0.3, 0.4) is 0 Å². The van der Waals surface area contributed by atoms with Gasteiger partial charge in [-0.2, -0.15) is 0 Å². The molecule has 0 aromatic heterocycles. The molecule has 3 unspecified atom stereocenters. The average Bonchev–Trinajstić information content (AvgIpc) is 3.43. The number of aliphatic hydroxyl groups excluding tert-OH is 1. The van der Waals surface area contributed by atoms with Crippen molar-refractivity contribution in [2.45, 2.75) is 297 Å². The topological polar surface area (TPSA) is 237 Å². The van der Waals surface area contributed by atoms with Gasteiger partial charge in [0.1, 0.15) is 19.3 Å². The Hall–Kier alpha value is -2.46. The molecule has 0 heterocycles. The number of phosphoric ester groups is 2. The van der Waals surface area contributed by atoms with E-state index in [-0.39, 0.29) is 25.7 Å². The van der Waals surface area contributed by atoms with Gasteiger partial charge in [0.05, 0.1) is 26.4 Å². The number of carbonyl (C=O) groups excluding carboxylic acids is 4. The molecule has 0 bridgehead atoms. The number of hydrogen-bond acceptors (Lipinski definition) is 15. The maximum Gasteiger partial charge on any atom is 0.472 e. The molecule has 6 atom stereocenters. The highest BCUT2D eigenvalue weighted by Gasteiger charge is 2.30. The summed E-state index contributed by atoms with van der Waals surface area (Å²) in [5.74, 6) is -0.740. The Morgan fingerprint density at radius 3 is 1.11 bits per heavy atom. The van der Waals surface area contributed by atoms with Crippen LogP contribution in [0, 0.1) is 11.8 Å². The van der Waals surface area contributed by atoms with Crippen molar-refractivity contribution < 1.29 is 80.2 Å². The number of carbonyl (C=O) groups is 4. The van der Waals surface area contributed by atoms with Crippen molar-refractivity contribution in [3.8, 4) is 0 Å². The molecule has 476 valence electrons. The number of aliphatic hydroxyl groups is 1. The van der Waals surface area contributed by atoms with Crippen LogP contribution in [0.25, 0.3) is 0 Å². The zero-order valence-electron chi connectivity index (χ0n) is 51.6. The second-order valence-corrected chi connectivity index (χ2v) is 25.4. The van der Waals surface area contributed by atoms with Crippen LogP contribution in [0.15, 0.2) is 24.3 Å². The zero-order chi connectivity index (χ0) is 60.1. The lowest BCUT2D eigenvalue weighted by Crippen LogP contribution is -2.30. The number of ether oxygens (including phenoxy) is 4. The molecular weight excluding hydrogens is 1080 g/mol. The standard InChI is InChI=1S/C62H116O17P2/c1-7-10-12-14-15-16-17-18-19-20-21-22-27-34-40-46-61(66)78-58(51-73-60(65)45-39-33-26-24-23-25-32-37-43-55(6)9-3)53-77-81(70,71)75-49-56(63)48-74-80(68,69)76-52-57(50-72-59(64)44-38-30-13-11-8-2)79-62(67)47-41-35-29-28-31-36-42-54(4)5/h16-19,54-58,63H,7-15,20-53H2,1-6H3,(H,68,69)(H,70,71)/b17-16-,19-18-/t55?,56-,57+,58+/m0/s1. The molecule has 3 N–H and O–H groups in total. The molecule has 0 aromatic rings. The van der Waals surface area contributed by atoms with E-state index in [9.17, 15) is 43.2 Å². The number of rotatable bonds is 59. The first-order chi connectivity index (χ1) is 38.9. The number of allylic oxidation sites excluding steroid dienone is 4. The fourth-order valence-corrected chi connectivity index (χ4v) is 10.2. The van der Waals surface area contributed by atoms with Crippen LogP contribution in [0.5, 0.6) is 0 Å². The first kappa shape index (κ1) is 78.5. The van der Waals surface area contributed by atoms with Crippen LogP contribution in [-0.2, 0) is 65.4 Å². The second-order valence-electron chi connectivity index (χ2n) is 22.5. The smallest absolute Gasteiger partial charge is 0.462 e. The lowest BCUT2D eigenvalue weighted by Gasteiger charge is -2.21. The van der Waals surface area contributed by atoms with Crippen LogP contribution in [-0.4, -0.2) is 96.7 Å². The van der Waals surface area contributed by atoms with Gasteiger partial charge >= 0.3 is 39.5 Å². The largest absolute Gasteiger partial charge is 0.472 e. The van der Waals surface area contributed by atoms with Gasteiger partial charge in [0.2, 0.25) is 0 Å². The average molecular weight is 1200 g/mol. The van der Waals surface area contributed by atoms with Crippen LogP contribution >= 0.6 is 15.6 Å². The van der Waals surface area contributed by atoms with E-state index in [2.05, 4.69) is 65.8 Å². The van der Waals surface area contributed by atoms with Gasteiger partial charge in [-0.3, -0.25) is 37.3 Å².